The molecular weight excluding hydrogens is 459 g/mol. The van der Waals surface area contributed by atoms with Crippen molar-refractivity contribution in [3.05, 3.63) is 57.1 Å². The Kier molecular flexibility index (Phi) is 5.44. The number of ether oxygens (including phenoxy) is 1. The molecule has 4 aromatic rings. The second-order valence-corrected chi connectivity index (χ2v) is 9.53. The molecular formula is C21H20Cl2N4O3S. The Labute approximate surface area is 192 Å². The van der Waals surface area contributed by atoms with Gasteiger partial charge in [-0.15, -0.1) is 5.10 Å². The van der Waals surface area contributed by atoms with Gasteiger partial charge in [0.1, 0.15) is 0 Å². The van der Waals surface area contributed by atoms with Crippen molar-refractivity contribution in [1.29, 1.82) is 0 Å². The maximum absolute atomic E-state index is 11.2. The number of aromatic nitrogens is 3. The molecule has 0 amide bonds. The quantitative estimate of drug-likeness (QED) is 0.430. The lowest BCUT2D eigenvalue weighted by molar-refractivity contribution is -0.0764. The molecule has 0 bridgehead atoms. The van der Waals surface area contributed by atoms with Crippen molar-refractivity contribution in [2.45, 2.75) is 32.1 Å². The zero-order chi connectivity index (χ0) is 21.7. The number of rotatable bonds is 4. The summed E-state index contributed by atoms with van der Waals surface area (Å²) in [5.41, 5.74) is 0.860. The molecule has 1 aliphatic rings. The molecule has 1 aromatic carbocycles. The number of halogens is 2. The van der Waals surface area contributed by atoms with Crippen molar-refractivity contribution in [2.75, 3.05) is 13.1 Å². The lowest BCUT2D eigenvalue weighted by Crippen LogP contribution is -2.47. The Morgan fingerprint density at radius 2 is 1.97 bits per heavy atom. The number of furan rings is 1. The van der Waals surface area contributed by atoms with Gasteiger partial charge in [0.25, 0.3) is 0 Å². The Morgan fingerprint density at radius 1 is 1.19 bits per heavy atom. The third kappa shape index (κ3) is 3.83. The third-order valence-electron chi connectivity index (χ3n) is 5.26. The summed E-state index contributed by atoms with van der Waals surface area (Å²) >= 11 is 14.1. The van der Waals surface area contributed by atoms with Crippen LogP contribution in [0.2, 0.25) is 10.0 Å². The molecule has 1 aliphatic heterocycles. The van der Waals surface area contributed by atoms with Crippen molar-refractivity contribution >= 4 is 39.5 Å². The predicted molar refractivity (Wildman–Crippen MR) is 120 cm³/mol. The van der Waals surface area contributed by atoms with Crippen LogP contribution in [0.25, 0.3) is 16.5 Å². The molecule has 5 rings (SSSR count). The van der Waals surface area contributed by atoms with Gasteiger partial charge in [0.15, 0.2) is 5.76 Å². The Bertz CT molecular complexity index is 1210. The van der Waals surface area contributed by atoms with Crippen LogP contribution in [0.3, 0.4) is 0 Å². The van der Waals surface area contributed by atoms with Crippen molar-refractivity contribution in [2.24, 2.45) is 0 Å². The number of benzene rings is 1. The summed E-state index contributed by atoms with van der Waals surface area (Å²) in [6, 6.07) is 8.70. The SMILES string of the molecule is C[C@@H]1CN([C@H](c2ccc(Cl)cc2Cl)c2sc3nc(-c4ccco4)nn3c2O)C[C@@H](C)O1. The maximum Gasteiger partial charge on any atom is 0.230 e. The van der Waals surface area contributed by atoms with Crippen LogP contribution in [0.4, 0.5) is 0 Å². The molecule has 31 heavy (non-hydrogen) atoms. The largest absolute Gasteiger partial charge is 0.492 e. The van der Waals surface area contributed by atoms with E-state index in [1.165, 1.54) is 15.9 Å². The van der Waals surface area contributed by atoms with Gasteiger partial charge in [0.2, 0.25) is 16.7 Å². The van der Waals surface area contributed by atoms with Crippen molar-refractivity contribution in [3.8, 4) is 17.5 Å². The Balaban J connectivity index is 1.63. The molecule has 10 heteroatoms. The van der Waals surface area contributed by atoms with Crippen LogP contribution in [0.5, 0.6) is 5.88 Å². The van der Waals surface area contributed by atoms with E-state index in [1.807, 2.05) is 26.0 Å². The summed E-state index contributed by atoms with van der Waals surface area (Å²) in [6.45, 7) is 5.47. The molecule has 1 N–H and O–H groups in total. The molecule has 0 saturated carbocycles. The fourth-order valence-corrected chi connectivity index (χ4v) is 5.71. The van der Waals surface area contributed by atoms with Gasteiger partial charge < -0.3 is 14.3 Å². The van der Waals surface area contributed by atoms with Crippen molar-refractivity contribution in [1.82, 2.24) is 19.5 Å². The van der Waals surface area contributed by atoms with Crippen LogP contribution in [0, 0.1) is 0 Å². The normalized spacial score (nSPS) is 21.0. The molecule has 1 fully saturated rings. The summed E-state index contributed by atoms with van der Waals surface area (Å²) in [5.74, 6) is 1.01. The molecule has 162 valence electrons. The van der Waals surface area contributed by atoms with Gasteiger partial charge in [-0.05, 0) is 43.7 Å². The summed E-state index contributed by atoms with van der Waals surface area (Å²) in [7, 11) is 0. The van der Waals surface area contributed by atoms with E-state index < -0.39 is 0 Å². The highest BCUT2D eigenvalue weighted by molar-refractivity contribution is 7.17. The van der Waals surface area contributed by atoms with Gasteiger partial charge in [0, 0.05) is 23.1 Å². The Hall–Kier alpha value is -2.10. The average Bonchev–Trinajstić information content (AvgIpc) is 3.42. The second kappa shape index (κ2) is 8.11. The lowest BCUT2D eigenvalue weighted by Gasteiger charge is -2.40. The van der Waals surface area contributed by atoms with Crippen LogP contribution < -0.4 is 0 Å². The van der Waals surface area contributed by atoms with Gasteiger partial charge in [-0.25, -0.2) is 0 Å². The summed E-state index contributed by atoms with van der Waals surface area (Å²) < 4.78 is 12.8. The van der Waals surface area contributed by atoms with E-state index in [-0.39, 0.29) is 24.1 Å². The van der Waals surface area contributed by atoms with E-state index >= 15 is 0 Å². The highest BCUT2D eigenvalue weighted by Crippen LogP contribution is 2.43. The van der Waals surface area contributed by atoms with E-state index in [4.69, 9.17) is 32.4 Å². The fourth-order valence-electron chi connectivity index (χ4n) is 4.09. The number of morpholine rings is 1. The summed E-state index contributed by atoms with van der Waals surface area (Å²) in [4.78, 5) is 8.10. The highest BCUT2D eigenvalue weighted by Gasteiger charge is 2.35. The molecule has 3 aromatic heterocycles. The van der Waals surface area contributed by atoms with E-state index in [0.29, 0.717) is 44.6 Å². The molecule has 0 unspecified atom stereocenters. The minimum Gasteiger partial charge on any atom is -0.492 e. The molecule has 1 saturated heterocycles. The topological polar surface area (TPSA) is 76.0 Å². The first-order chi connectivity index (χ1) is 14.9. The number of hydrogen-bond acceptors (Lipinski definition) is 7. The second-order valence-electron chi connectivity index (χ2n) is 7.68. The fraction of sp³-hybridized carbons (Fsp3) is 0.333. The van der Waals surface area contributed by atoms with Gasteiger partial charge in [0.05, 0.1) is 29.4 Å². The molecule has 0 spiro atoms. The van der Waals surface area contributed by atoms with Crippen molar-refractivity contribution in [3.63, 3.8) is 0 Å². The Morgan fingerprint density at radius 3 is 2.61 bits per heavy atom. The molecule has 3 atom stereocenters. The molecule has 0 radical (unpaired) electrons. The van der Waals surface area contributed by atoms with Gasteiger partial charge in [-0.3, -0.25) is 4.90 Å². The predicted octanol–water partition coefficient (Wildman–Crippen LogP) is 5.26. The lowest BCUT2D eigenvalue weighted by atomic mass is 10.0. The standard InChI is InChI=1S/C21H20Cl2N4O3S/c1-11-9-26(10-12(2)30-11)17(14-6-5-13(22)8-15(14)23)18-20(28)27-21(31-18)24-19(25-27)16-4-3-7-29-16/h3-8,11-12,17,28H,9-10H2,1-2H3/t11-,12-,17-/m1/s1. The van der Waals surface area contributed by atoms with E-state index in [2.05, 4.69) is 15.0 Å². The van der Waals surface area contributed by atoms with E-state index in [0.717, 1.165) is 5.56 Å². The smallest absolute Gasteiger partial charge is 0.230 e. The summed E-state index contributed by atoms with van der Waals surface area (Å²) in [5, 5.41) is 16.7. The van der Waals surface area contributed by atoms with Gasteiger partial charge in [-0.2, -0.15) is 9.50 Å². The number of nitrogens with zero attached hydrogens (tertiary/aromatic N) is 4. The third-order valence-corrected chi connectivity index (χ3v) is 6.89. The van der Waals surface area contributed by atoms with Gasteiger partial charge >= 0.3 is 0 Å². The van der Waals surface area contributed by atoms with Crippen LogP contribution >= 0.6 is 34.5 Å². The molecule has 7 nitrogen and oxygen atoms in total. The first kappa shape index (κ1) is 20.8. The number of fused-ring (bicyclic) bond motifs is 1. The minimum atomic E-state index is -0.292. The highest BCUT2D eigenvalue weighted by atomic mass is 35.5. The molecule has 4 heterocycles. The monoisotopic (exact) mass is 478 g/mol. The first-order valence-electron chi connectivity index (χ1n) is 9.87. The van der Waals surface area contributed by atoms with Gasteiger partial charge in [-0.1, -0.05) is 40.6 Å². The van der Waals surface area contributed by atoms with Crippen LogP contribution in [-0.4, -0.2) is 49.9 Å². The minimum absolute atomic E-state index is 0.0353. The average molecular weight is 479 g/mol. The van der Waals surface area contributed by atoms with Crippen LogP contribution in [-0.2, 0) is 4.74 Å². The first-order valence-corrected chi connectivity index (χ1v) is 11.4. The maximum atomic E-state index is 11.2. The van der Waals surface area contributed by atoms with Crippen LogP contribution in [0.1, 0.15) is 30.3 Å². The zero-order valence-electron chi connectivity index (χ0n) is 16.8. The van der Waals surface area contributed by atoms with E-state index in [9.17, 15) is 5.11 Å². The number of hydrogen-bond donors (Lipinski definition) is 1. The zero-order valence-corrected chi connectivity index (χ0v) is 19.2. The molecule has 0 aliphatic carbocycles. The number of aromatic hydroxyl groups is 1. The van der Waals surface area contributed by atoms with Crippen molar-refractivity contribution < 1.29 is 14.3 Å². The van der Waals surface area contributed by atoms with E-state index in [1.54, 1.807) is 24.5 Å². The summed E-state index contributed by atoms with van der Waals surface area (Å²) in [6.07, 6.45) is 1.66. The number of thiazole rings is 1. The van der Waals surface area contributed by atoms with Crippen LogP contribution in [0.15, 0.2) is 41.0 Å².